The van der Waals surface area contributed by atoms with Crippen molar-refractivity contribution >= 4 is 29.9 Å². The van der Waals surface area contributed by atoms with Crippen LogP contribution in [0.5, 0.6) is 5.75 Å². The summed E-state index contributed by atoms with van der Waals surface area (Å²) in [5.41, 5.74) is 1.79. The van der Waals surface area contributed by atoms with Gasteiger partial charge in [0.1, 0.15) is 11.9 Å². The number of ether oxygens (including phenoxy) is 2. The molecule has 1 amide bonds. The number of rotatable bonds is 6. The first-order valence-corrected chi connectivity index (χ1v) is 10.7. The Kier molecular flexibility index (Phi) is 8.40. The molecule has 2 atom stereocenters. The van der Waals surface area contributed by atoms with E-state index in [2.05, 4.69) is 10.2 Å². The first-order valence-electron chi connectivity index (χ1n) is 10.4. The van der Waals surface area contributed by atoms with Crippen LogP contribution in [0.25, 0.3) is 0 Å². The van der Waals surface area contributed by atoms with E-state index in [4.69, 9.17) is 21.1 Å². The van der Waals surface area contributed by atoms with Gasteiger partial charge in [0.15, 0.2) is 0 Å². The second-order valence-electron chi connectivity index (χ2n) is 7.61. The SMILES string of the molecule is Cl.O=C(NCCCN1CCCCC1)C1Oc2ccc(Cl)cc2C(c2ccccc2)O1. The van der Waals surface area contributed by atoms with E-state index in [9.17, 15) is 4.79 Å². The summed E-state index contributed by atoms with van der Waals surface area (Å²) in [5, 5.41) is 3.57. The molecule has 1 fully saturated rings. The number of amides is 1. The van der Waals surface area contributed by atoms with Crippen LogP contribution in [0, 0.1) is 0 Å². The minimum atomic E-state index is -0.983. The first kappa shape index (κ1) is 22.9. The fraction of sp³-hybridized carbons (Fsp3) is 0.435. The van der Waals surface area contributed by atoms with Gasteiger partial charge in [-0.05, 0) is 62.7 Å². The second-order valence-corrected chi connectivity index (χ2v) is 8.04. The molecule has 7 heteroatoms. The van der Waals surface area contributed by atoms with E-state index in [1.165, 1.54) is 32.4 Å². The predicted octanol–water partition coefficient (Wildman–Crippen LogP) is 4.58. The van der Waals surface area contributed by atoms with Crippen molar-refractivity contribution in [1.29, 1.82) is 0 Å². The van der Waals surface area contributed by atoms with Crippen LogP contribution in [0.3, 0.4) is 0 Å². The molecule has 4 rings (SSSR count). The van der Waals surface area contributed by atoms with E-state index >= 15 is 0 Å². The van der Waals surface area contributed by atoms with Gasteiger partial charge in [0, 0.05) is 17.1 Å². The van der Waals surface area contributed by atoms with Gasteiger partial charge in [0.05, 0.1) is 0 Å². The molecule has 1 saturated heterocycles. The largest absolute Gasteiger partial charge is 0.455 e. The van der Waals surface area contributed by atoms with Gasteiger partial charge >= 0.3 is 0 Å². The Labute approximate surface area is 189 Å². The van der Waals surface area contributed by atoms with Gasteiger partial charge in [-0.15, -0.1) is 12.4 Å². The summed E-state index contributed by atoms with van der Waals surface area (Å²) in [6.07, 6.45) is 3.43. The number of carbonyl (C=O) groups excluding carboxylic acids is 1. The van der Waals surface area contributed by atoms with Crippen molar-refractivity contribution in [2.75, 3.05) is 26.2 Å². The molecular weight excluding hydrogens is 423 g/mol. The molecule has 0 radical (unpaired) electrons. The van der Waals surface area contributed by atoms with Gasteiger partial charge in [-0.1, -0.05) is 48.4 Å². The van der Waals surface area contributed by atoms with E-state index in [1.807, 2.05) is 36.4 Å². The molecule has 1 N–H and O–H groups in total. The molecule has 2 aliphatic heterocycles. The van der Waals surface area contributed by atoms with Crippen LogP contribution in [0.1, 0.15) is 42.9 Å². The van der Waals surface area contributed by atoms with Crippen molar-refractivity contribution in [3.8, 4) is 5.75 Å². The predicted molar refractivity (Wildman–Crippen MR) is 120 cm³/mol. The average Bonchev–Trinajstić information content (AvgIpc) is 2.77. The molecule has 5 nitrogen and oxygen atoms in total. The Morgan fingerprint density at radius 1 is 1.10 bits per heavy atom. The number of hydrogen-bond donors (Lipinski definition) is 1. The van der Waals surface area contributed by atoms with Crippen LogP contribution >= 0.6 is 24.0 Å². The normalized spacial score (nSPS) is 21.1. The first-order chi connectivity index (χ1) is 14.2. The lowest BCUT2D eigenvalue weighted by Gasteiger charge is -2.32. The van der Waals surface area contributed by atoms with Crippen LogP contribution in [-0.2, 0) is 9.53 Å². The lowest BCUT2D eigenvalue weighted by Crippen LogP contribution is -2.44. The average molecular weight is 451 g/mol. The summed E-state index contributed by atoms with van der Waals surface area (Å²) in [6, 6.07) is 15.2. The highest BCUT2D eigenvalue weighted by atomic mass is 35.5. The molecule has 2 aromatic rings. The Balaban J connectivity index is 0.00000256. The third-order valence-electron chi connectivity index (χ3n) is 5.46. The number of nitrogens with zero attached hydrogens (tertiary/aromatic N) is 1. The standard InChI is InChI=1S/C23H27ClN2O3.ClH/c24-18-10-11-20-19(16-18)21(17-8-3-1-4-9-17)29-23(28-20)22(27)25-12-7-15-26-13-5-2-6-14-26;/h1,3-4,8-11,16,21,23H,2,5-7,12-15H2,(H,25,27);1H. The Hall–Kier alpha value is -1.79. The molecule has 2 heterocycles. The molecule has 2 aliphatic rings. The van der Waals surface area contributed by atoms with Crippen molar-refractivity contribution in [3.63, 3.8) is 0 Å². The van der Waals surface area contributed by atoms with Crippen molar-refractivity contribution in [2.45, 2.75) is 38.1 Å². The highest BCUT2D eigenvalue weighted by Crippen LogP contribution is 2.39. The minimum Gasteiger partial charge on any atom is -0.455 e. The van der Waals surface area contributed by atoms with Gasteiger partial charge in [-0.3, -0.25) is 4.79 Å². The smallest absolute Gasteiger partial charge is 0.289 e. The van der Waals surface area contributed by atoms with Crippen molar-refractivity contribution in [3.05, 3.63) is 64.7 Å². The molecular formula is C23H28Cl2N2O3. The van der Waals surface area contributed by atoms with Crippen LogP contribution in [-0.4, -0.2) is 43.3 Å². The monoisotopic (exact) mass is 450 g/mol. The summed E-state index contributed by atoms with van der Waals surface area (Å²) in [4.78, 5) is 15.2. The number of likely N-dealkylation sites (tertiary alicyclic amines) is 1. The van der Waals surface area contributed by atoms with E-state index in [0.717, 1.165) is 24.1 Å². The number of benzene rings is 2. The molecule has 0 bridgehead atoms. The zero-order chi connectivity index (χ0) is 20.1. The summed E-state index contributed by atoms with van der Waals surface area (Å²) >= 11 is 6.18. The maximum atomic E-state index is 12.7. The van der Waals surface area contributed by atoms with Gasteiger partial charge < -0.3 is 19.7 Å². The van der Waals surface area contributed by atoms with Crippen molar-refractivity contribution in [1.82, 2.24) is 10.2 Å². The van der Waals surface area contributed by atoms with Crippen molar-refractivity contribution in [2.24, 2.45) is 0 Å². The van der Waals surface area contributed by atoms with Crippen LogP contribution in [0.4, 0.5) is 0 Å². The zero-order valence-corrected chi connectivity index (χ0v) is 18.5. The summed E-state index contributed by atoms with van der Waals surface area (Å²) in [5.74, 6) is 0.383. The number of carbonyl (C=O) groups is 1. The van der Waals surface area contributed by atoms with E-state index < -0.39 is 12.4 Å². The maximum Gasteiger partial charge on any atom is 0.289 e. The van der Waals surface area contributed by atoms with E-state index in [0.29, 0.717) is 17.3 Å². The summed E-state index contributed by atoms with van der Waals surface area (Å²) in [6.45, 7) is 3.96. The number of piperidine rings is 1. The van der Waals surface area contributed by atoms with Gasteiger partial charge in [-0.25, -0.2) is 0 Å². The number of halogens is 2. The minimum absolute atomic E-state index is 0. The lowest BCUT2D eigenvalue weighted by molar-refractivity contribution is -0.165. The third kappa shape index (κ3) is 5.67. The fourth-order valence-corrected chi connectivity index (χ4v) is 4.13. The summed E-state index contributed by atoms with van der Waals surface area (Å²) in [7, 11) is 0. The molecule has 0 aliphatic carbocycles. The van der Waals surface area contributed by atoms with Crippen LogP contribution < -0.4 is 10.1 Å². The zero-order valence-electron chi connectivity index (χ0n) is 16.9. The fourth-order valence-electron chi connectivity index (χ4n) is 3.95. The van der Waals surface area contributed by atoms with E-state index in [1.54, 1.807) is 12.1 Å². The Bertz CT molecular complexity index is 828. The highest BCUT2D eigenvalue weighted by molar-refractivity contribution is 6.30. The molecule has 0 spiro atoms. The van der Waals surface area contributed by atoms with Gasteiger partial charge in [0.2, 0.25) is 0 Å². The number of fused-ring (bicyclic) bond motifs is 1. The molecule has 0 saturated carbocycles. The molecule has 30 heavy (non-hydrogen) atoms. The quantitative estimate of drug-likeness (QED) is 0.654. The maximum absolute atomic E-state index is 12.7. The van der Waals surface area contributed by atoms with E-state index in [-0.39, 0.29) is 18.3 Å². The summed E-state index contributed by atoms with van der Waals surface area (Å²) < 4.78 is 11.9. The van der Waals surface area contributed by atoms with Crippen molar-refractivity contribution < 1.29 is 14.3 Å². The molecule has 0 aromatic heterocycles. The van der Waals surface area contributed by atoms with Gasteiger partial charge in [-0.2, -0.15) is 0 Å². The molecule has 2 unspecified atom stereocenters. The second kappa shape index (κ2) is 11.0. The Morgan fingerprint density at radius 3 is 2.63 bits per heavy atom. The molecule has 2 aromatic carbocycles. The topological polar surface area (TPSA) is 50.8 Å². The number of hydrogen-bond acceptors (Lipinski definition) is 4. The Morgan fingerprint density at radius 2 is 1.87 bits per heavy atom. The van der Waals surface area contributed by atoms with Crippen LogP contribution in [0.15, 0.2) is 48.5 Å². The lowest BCUT2D eigenvalue weighted by atomic mass is 9.99. The van der Waals surface area contributed by atoms with Crippen LogP contribution in [0.2, 0.25) is 5.02 Å². The highest BCUT2D eigenvalue weighted by Gasteiger charge is 2.34. The molecule has 162 valence electrons. The number of nitrogens with one attached hydrogen (secondary N) is 1. The van der Waals surface area contributed by atoms with Gasteiger partial charge in [0.25, 0.3) is 12.2 Å². The third-order valence-corrected chi connectivity index (χ3v) is 5.70.